The van der Waals surface area contributed by atoms with E-state index < -0.39 is 17.8 Å². The second-order valence-corrected chi connectivity index (χ2v) is 4.23. The Labute approximate surface area is 109 Å². The molecule has 2 amide bonds. The van der Waals surface area contributed by atoms with Crippen molar-refractivity contribution in [2.75, 3.05) is 18.9 Å². The SMILES string of the molecule is CNc1nccc(C(=O)NC2CCCNC2=O)c1F. The van der Waals surface area contributed by atoms with E-state index in [2.05, 4.69) is 20.9 Å². The first kappa shape index (κ1) is 13.3. The molecule has 0 aliphatic carbocycles. The molecule has 7 heteroatoms. The zero-order chi connectivity index (χ0) is 13.8. The Hall–Kier alpha value is -2.18. The molecule has 1 fully saturated rings. The van der Waals surface area contributed by atoms with Crippen LogP contribution >= 0.6 is 0 Å². The number of nitrogens with zero attached hydrogens (tertiary/aromatic N) is 1. The summed E-state index contributed by atoms with van der Waals surface area (Å²) in [5.41, 5.74) is -0.127. The van der Waals surface area contributed by atoms with Crippen LogP contribution in [-0.4, -0.2) is 36.4 Å². The van der Waals surface area contributed by atoms with Crippen molar-refractivity contribution in [3.63, 3.8) is 0 Å². The number of halogens is 1. The minimum atomic E-state index is -0.723. The van der Waals surface area contributed by atoms with Crippen LogP contribution in [0.25, 0.3) is 0 Å². The summed E-state index contributed by atoms with van der Waals surface area (Å²) in [7, 11) is 1.52. The molecule has 1 aliphatic rings. The zero-order valence-corrected chi connectivity index (χ0v) is 10.5. The minimum Gasteiger partial charge on any atom is -0.371 e. The van der Waals surface area contributed by atoms with E-state index in [-0.39, 0.29) is 17.3 Å². The van der Waals surface area contributed by atoms with Gasteiger partial charge in [-0.15, -0.1) is 0 Å². The number of hydrogen-bond acceptors (Lipinski definition) is 4. The number of amides is 2. The molecule has 1 atom stereocenters. The van der Waals surface area contributed by atoms with Crippen LogP contribution in [0.3, 0.4) is 0 Å². The average Bonchev–Trinajstić information content (AvgIpc) is 2.41. The molecule has 2 rings (SSSR count). The predicted molar refractivity (Wildman–Crippen MR) is 67.2 cm³/mol. The van der Waals surface area contributed by atoms with Gasteiger partial charge in [-0.3, -0.25) is 9.59 Å². The summed E-state index contributed by atoms with van der Waals surface area (Å²) in [6.45, 7) is 0.610. The van der Waals surface area contributed by atoms with Gasteiger partial charge in [-0.2, -0.15) is 0 Å². The molecule has 102 valence electrons. The lowest BCUT2D eigenvalue weighted by atomic mass is 10.1. The lowest BCUT2D eigenvalue weighted by Gasteiger charge is -2.22. The fourth-order valence-electron chi connectivity index (χ4n) is 1.94. The average molecular weight is 266 g/mol. The van der Waals surface area contributed by atoms with Crippen molar-refractivity contribution in [1.82, 2.24) is 15.6 Å². The maximum absolute atomic E-state index is 13.9. The highest BCUT2D eigenvalue weighted by Crippen LogP contribution is 2.15. The van der Waals surface area contributed by atoms with Crippen molar-refractivity contribution in [2.45, 2.75) is 18.9 Å². The zero-order valence-electron chi connectivity index (χ0n) is 10.5. The fourth-order valence-corrected chi connectivity index (χ4v) is 1.94. The summed E-state index contributed by atoms with van der Waals surface area (Å²) in [5.74, 6) is -1.57. The lowest BCUT2D eigenvalue weighted by Crippen LogP contribution is -2.50. The Bertz CT molecular complexity index is 507. The third-order valence-electron chi connectivity index (χ3n) is 2.96. The first-order valence-corrected chi connectivity index (χ1v) is 6.04. The van der Waals surface area contributed by atoms with E-state index in [1.54, 1.807) is 0 Å². The van der Waals surface area contributed by atoms with Gasteiger partial charge in [0.2, 0.25) is 5.91 Å². The highest BCUT2D eigenvalue weighted by molar-refractivity contribution is 5.98. The maximum atomic E-state index is 13.9. The van der Waals surface area contributed by atoms with Crippen LogP contribution in [0, 0.1) is 5.82 Å². The fraction of sp³-hybridized carbons (Fsp3) is 0.417. The number of aromatic nitrogens is 1. The van der Waals surface area contributed by atoms with Crippen molar-refractivity contribution in [3.05, 3.63) is 23.6 Å². The van der Waals surface area contributed by atoms with Crippen LogP contribution < -0.4 is 16.0 Å². The summed E-state index contributed by atoms with van der Waals surface area (Å²) in [5, 5.41) is 7.74. The lowest BCUT2D eigenvalue weighted by molar-refractivity contribution is -0.124. The molecular formula is C12H15FN4O2. The standard InChI is InChI=1S/C12H15FN4O2/c1-14-10-9(13)7(4-6-15-10)11(18)17-8-3-2-5-16-12(8)19/h4,6,8H,2-3,5H2,1H3,(H,14,15)(H,16,19)(H,17,18). The molecule has 0 radical (unpaired) electrons. The van der Waals surface area contributed by atoms with Crippen molar-refractivity contribution in [2.24, 2.45) is 0 Å². The summed E-state index contributed by atoms with van der Waals surface area (Å²) >= 11 is 0. The maximum Gasteiger partial charge on any atom is 0.255 e. The number of nitrogens with one attached hydrogen (secondary N) is 3. The first-order chi connectivity index (χ1) is 9.13. The molecule has 0 aromatic carbocycles. The van der Waals surface area contributed by atoms with Gasteiger partial charge in [-0.1, -0.05) is 0 Å². The summed E-state index contributed by atoms with van der Waals surface area (Å²) in [6.07, 6.45) is 2.69. The van der Waals surface area contributed by atoms with Gasteiger partial charge < -0.3 is 16.0 Å². The predicted octanol–water partition coefficient (Wildman–Crippen LogP) is 0.271. The number of hydrogen-bond donors (Lipinski definition) is 3. The Morgan fingerprint density at radius 1 is 1.58 bits per heavy atom. The van der Waals surface area contributed by atoms with Crippen LogP contribution in [-0.2, 0) is 4.79 Å². The molecular weight excluding hydrogens is 251 g/mol. The van der Waals surface area contributed by atoms with E-state index >= 15 is 0 Å². The highest BCUT2D eigenvalue weighted by atomic mass is 19.1. The number of anilines is 1. The van der Waals surface area contributed by atoms with Gasteiger partial charge in [0.1, 0.15) is 6.04 Å². The van der Waals surface area contributed by atoms with Gasteiger partial charge in [0.25, 0.3) is 5.91 Å². The highest BCUT2D eigenvalue weighted by Gasteiger charge is 2.25. The van der Waals surface area contributed by atoms with Crippen LogP contribution in [0.1, 0.15) is 23.2 Å². The van der Waals surface area contributed by atoms with Gasteiger partial charge >= 0.3 is 0 Å². The second kappa shape index (κ2) is 5.64. The molecule has 0 saturated carbocycles. The van der Waals surface area contributed by atoms with Crippen molar-refractivity contribution < 1.29 is 14.0 Å². The van der Waals surface area contributed by atoms with E-state index in [0.717, 1.165) is 6.42 Å². The summed E-state index contributed by atoms with van der Waals surface area (Å²) < 4.78 is 13.9. The minimum absolute atomic E-state index is 0.000690. The molecule has 19 heavy (non-hydrogen) atoms. The summed E-state index contributed by atoms with van der Waals surface area (Å²) in [6, 6.07) is 0.679. The number of rotatable bonds is 3. The Morgan fingerprint density at radius 3 is 3.05 bits per heavy atom. The molecule has 0 bridgehead atoms. The number of carbonyl (C=O) groups excluding carboxylic acids is 2. The quantitative estimate of drug-likeness (QED) is 0.733. The van der Waals surface area contributed by atoms with E-state index in [1.807, 2.05) is 0 Å². The van der Waals surface area contributed by atoms with Crippen LogP contribution in [0.4, 0.5) is 10.2 Å². The first-order valence-electron chi connectivity index (χ1n) is 6.04. The van der Waals surface area contributed by atoms with Gasteiger partial charge in [0.05, 0.1) is 5.56 Å². The Morgan fingerprint density at radius 2 is 2.37 bits per heavy atom. The van der Waals surface area contributed by atoms with Crippen molar-refractivity contribution in [3.8, 4) is 0 Å². The van der Waals surface area contributed by atoms with Gasteiger partial charge in [-0.05, 0) is 18.9 Å². The third-order valence-corrected chi connectivity index (χ3v) is 2.96. The molecule has 0 spiro atoms. The smallest absolute Gasteiger partial charge is 0.255 e. The van der Waals surface area contributed by atoms with E-state index in [9.17, 15) is 14.0 Å². The second-order valence-electron chi connectivity index (χ2n) is 4.23. The number of carbonyl (C=O) groups is 2. The van der Waals surface area contributed by atoms with Crippen molar-refractivity contribution >= 4 is 17.6 Å². The molecule has 1 aromatic heterocycles. The van der Waals surface area contributed by atoms with Crippen molar-refractivity contribution in [1.29, 1.82) is 0 Å². The monoisotopic (exact) mass is 266 g/mol. The molecule has 2 heterocycles. The van der Waals surface area contributed by atoms with E-state index in [1.165, 1.54) is 19.3 Å². The number of piperidine rings is 1. The molecule has 1 unspecified atom stereocenters. The largest absolute Gasteiger partial charge is 0.371 e. The van der Waals surface area contributed by atoms with Crippen LogP contribution in [0.15, 0.2) is 12.3 Å². The van der Waals surface area contributed by atoms with Crippen LogP contribution in [0.5, 0.6) is 0 Å². The molecule has 1 aromatic rings. The molecule has 1 aliphatic heterocycles. The molecule has 3 N–H and O–H groups in total. The Balaban J connectivity index is 2.13. The molecule has 6 nitrogen and oxygen atoms in total. The molecule has 1 saturated heterocycles. The topological polar surface area (TPSA) is 83.1 Å². The third kappa shape index (κ3) is 2.81. The van der Waals surface area contributed by atoms with E-state index in [0.29, 0.717) is 13.0 Å². The van der Waals surface area contributed by atoms with E-state index in [4.69, 9.17) is 0 Å². The summed E-state index contributed by atoms with van der Waals surface area (Å²) in [4.78, 5) is 27.2. The number of pyridine rings is 1. The van der Waals surface area contributed by atoms with Gasteiger partial charge in [0.15, 0.2) is 11.6 Å². The normalized spacial score (nSPS) is 18.6. The van der Waals surface area contributed by atoms with Gasteiger partial charge in [0, 0.05) is 19.8 Å². The Kier molecular flexibility index (Phi) is 3.94. The van der Waals surface area contributed by atoms with Gasteiger partial charge in [-0.25, -0.2) is 9.37 Å². The van der Waals surface area contributed by atoms with Crippen LogP contribution in [0.2, 0.25) is 0 Å².